The Labute approximate surface area is 106 Å². The second-order valence-corrected chi connectivity index (χ2v) is 6.07. The minimum atomic E-state index is -0.376. The number of hydrogen-bond acceptors (Lipinski definition) is 3. The highest BCUT2D eigenvalue weighted by Gasteiger charge is 2.35. The van der Waals surface area contributed by atoms with Crippen molar-refractivity contribution in [3.63, 3.8) is 0 Å². The molecule has 0 aliphatic carbocycles. The summed E-state index contributed by atoms with van der Waals surface area (Å²) in [5.41, 5.74) is -0.376. The number of ether oxygens (including phenoxy) is 1. The summed E-state index contributed by atoms with van der Waals surface area (Å²) >= 11 is 0. The van der Waals surface area contributed by atoms with Crippen molar-refractivity contribution in [1.82, 2.24) is 4.90 Å². The number of hydrogen-bond donors (Lipinski definition) is 0. The topological polar surface area (TPSA) is 29.5 Å². The first kappa shape index (κ1) is 14.5. The van der Waals surface area contributed by atoms with Gasteiger partial charge in [0, 0.05) is 6.04 Å². The van der Waals surface area contributed by atoms with Gasteiger partial charge in [-0.3, -0.25) is 9.69 Å². The quantitative estimate of drug-likeness (QED) is 0.709. The van der Waals surface area contributed by atoms with Crippen LogP contribution in [0.15, 0.2) is 0 Å². The highest BCUT2D eigenvalue weighted by atomic mass is 16.6. The minimum Gasteiger partial charge on any atom is -0.459 e. The lowest BCUT2D eigenvalue weighted by Gasteiger charge is -2.31. The van der Waals surface area contributed by atoms with Crippen LogP contribution in [-0.2, 0) is 9.53 Å². The zero-order chi connectivity index (χ0) is 13.1. The molecular formula is C14H27NO2. The first-order chi connectivity index (χ1) is 7.85. The molecule has 100 valence electrons. The van der Waals surface area contributed by atoms with E-state index in [9.17, 15) is 4.79 Å². The third-order valence-electron chi connectivity index (χ3n) is 3.25. The molecule has 2 atom stereocenters. The molecule has 0 aromatic rings. The Hall–Kier alpha value is -0.570. The van der Waals surface area contributed by atoms with E-state index in [4.69, 9.17) is 4.74 Å². The molecule has 1 rings (SSSR count). The number of carbonyl (C=O) groups is 1. The van der Waals surface area contributed by atoms with Gasteiger partial charge in [-0.25, -0.2) is 0 Å². The van der Waals surface area contributed by atoms with Crippen LogP contribution in [0.5, 0.6) is 0 Å². The molecule has 0 radical (unpaired) electrons. The Morgan fingerprint density at radius 1 is 1.47 bits per heavy atom. The standard InChI is InChI=1S/C14H27NO2/c1-6-8-11(2)15-10-7-9-12(15)13(16)17-14(3,4)5/h11-12H,6-10H2,1-5H3/t11?,12-/m0/s1. The van der Waals surface area contributed by atoms with Crippen molar-refractivity contribution in [1.29, 1.82) is 0 Å². The lowest BCUT2D eigenvalue weighted by molar-refractivity contribution is -0.161. The monoisotopic (exact) mass is 241 g/mol. The molecule has 1 saturated heterocycles. The molecule has 0 spiro atoms. The lowest BCUT2D eigenvalue weighted by atomic mass is 10.1. The first-order valence-electron chi connectivity index (χ1n) is 6.83. The molecule has 0 bridgehead atoms. The summed E-state index contributed by atoms with van der Waals surface area (Å²) in [4.78, 5) is 14.4. The second kappa shape index (κ2) is 5.85. The molecule has 1 aliphatic heterocycles. The van der Waals surface area contributed by atoms with Gasteiger partial charge in [-0.1, -0.05) is 13.3 Å². The van der Waals surface area contributed by atoms with Crippen LogP contribution in [0.2, 0.25) is 0 Å². The van der Waals surface area contributed by atoms with Gasteiger partial charge >= 0.3 is 5.97 Å². The number of likely N-dealkylation sites (tertiary alicyclic amines) is 1. The van der Waals surface area contributed by atoms with E-state index < -0.39 is 0 Å². The summed E-state index contributed by atoms with van der Waals surface area (Å²) < 4.78 is 5.50. The molecular weight excluding hydrogens is 214 g/mol. The molecule has 0 aromatic heterocycles. The highest BCUT2D eigenvalue weighted by Crippen LogP contribution is 2.24. The van der Waals surface area contributed by atoms with Crippen LogP contribution in [0, 0.1) is 0 Å². The largest absolute Gasteiger partial charge is 0.459 e. The third-order valence-corrected chi connectivity index (χ3v) is 3.25. The van der Waals surface area contributed by atoms with Gasteiger partial charge in [0.15, 0.2) is 0 Å². The molecule has 3 heteroatoms. The molecule has 1 aliphatic rings. The third kappa shape index (κ3) is 4.30. The maximum absolute atomic E-state index is 12.1. The van der Waals surface area contributed by atoms with Crippen LogP contribution in [0.1, 0.15) is 60.3 Å². The van der Waals surface area contributed by atoms with Crippen molar-refractivity contribution < 1.29 is 9.53 Å². The predicted octanol–water partition coefficient (Wildman–Crippen LogP) is 2.98. The summed E-state index contributed by atoms with van der Waals surface area (Å²) in [6.45, 7) is 11.2. The van der Waals surface area contributed by atoms with Crippen LogP contribution >= 0.6 is 0 Å². The molecule has 0 N–H and O–H groups in total. The first-order valence-corrected chi connectivity index (χ1v) is 6.83. The van der Waals surface area contributed by atoms with Crippen LogP contribution in [0.4, 0.5) is 0 Å². The molecule has 1 fully saturated rings. The minimum absolute atomic E-state index is 0.0178. The molecule has 1 heterocycles. The molecule has 3 nitrogen and oxygen atoms in total. The number of nitrogens with zero attached hydrogens (tertiary/aromatic N) is 1. The normalized spacial score (nSPS) is 23.7. The van der Waals surface area contributed by atoms with Crippen molar-refractivity contribution in [2.75, 3.05) is 6.54 Å². The fraction of sp³-hybridized carbons (Fsp3) is 0.929. The maximum atomic E-state index is 12.1. The van der Waals surface area contributed by atoms with Crippen molar-refractivity contribution in [3.8, 4) is 0 Å². The van der Waals surface area contributed by atoms with E-state index in [2.05, 4.69) is 18.7 Å². The number of carbonyl (C=O) groups excluding carboxylic acids is 1. The van der Waals surface area contributed by atoms with Gasteiger partial charge in [0.25, 0.3) is 0 Å². The van der Waals surface area contributed by atoms with Crippen LogP contribution in [0.3, 0.4) is 0 Å². The fourth-order valence-corrected chi connectivity index (χ4v) is 2.52. The number of esters is 1. The van der Waals surface area contributed by atoms with Crippen molar-refractivity contribution in [2.45, 2.75) is 78.0 Å². The highest BCUT2D eigenvalue weighted by molar-refractivity contribution is 5.76. The van der Waals surface area contributed by atoms with Crippen LogP contribution < -0.4 is 0 Å². The van der Waals surface area contributed by atoms with Crippen LogP contribution in [0.25, 0.3) is 0 Å². The summed E-state index contributed by atoms with van der Waals surface area (Å²) in [6, 6.07) is 0.468. The van der Waals surface area contributed by atoms with Gasteiger partial charge in [0.1, 0.15) is 11.6 Å². The fourth-order valence-electron chi connectivity index (χ4n) is 2.52. The second-order valence-electron chi connectivity index (χ2n) is 6.07. The summed E-state index contributed by atoms with van der Waals surface area (Å²) in [6.07, 6.45) is 4.37. The Balaban J connectivity index is 2.59. The van der Waals surface area contributed by atoms with E-state index in [1.807, 2.05) is 20.8 Å². The Morgan fingerprint density at radius 2 is 2.12 bits per heavy atom. The molecule has 1 unspecified atom stereocenters. The number of rotatable bonds is 4. The SMILES string of the molecule is CCCC(C)N1CCC[C@H]1C(=O)OC(C)(C)C. The zero-order valence-corrected chi connectivity index (χ0v) is 12.0. The Bertz CT molecular complexity index is 257. The smallest absolute Gasteiger partial charge is 0.323 e. The summed E-state index contributed by atoms with van der Waals surface area (Å²) in [5.74, 6) is -0.0436. The van der Waals surface area contributed by atoms with E-state index in [1.165, 1.54) is 6.42 Å². The van der Waals surface area contributed by atoms with Gasteiger partial charge in [0.05, 0.1) is 0 Å². The van der Waals surface area contributed by atoms with E-state index in [-0.39, 0.29) is 17.6 Å². The molecule has 0 amide bonds. The molecule has 17 heavy (non-hydrogen) atoms. The average Bonchev–Trinajstić information content (AvgIpc) is 2.63. The molecule has 0 saturated carbocycles. The summed E-state index contributed by atoms with van der Waals surface area (Å²) in [5, 5.41) is 0. The average molecular weight is 241 g/mol. The van der Waals surface area contributed by atoms with Gasteiger partial charge in [0.2, 0.25) is 0 Å². The van der Waals surface area contributed by atoms with Crippen molar-refractivity contribution >= 4 is 5.97 Å². The van der Waals surface area contributed by atoms with Crippen molar-refractivity contribution in [3.05, 3.63) is 0 Å². The van der Waals surface area contributed by atoms with Gasteiger partial charge in [-0.15, -0.1) is 0 Å². The zero-order valence-electron chi connectivity index (χ0n) is 12.0. The predicted molar refractivity (Wildman–Crippen MR) is 69.9 cm³/mol. The van der Waals surface area contributed by atoms with E-state index >= 15 is 0 Å². The van der Waals surface area contributed by atoms with Gasteiger partial charge in [-0.05, 0) is 53.5 Å². The van der Waals surface area contributed by atoms with Gasteiger partial charge < -0.3 is 4.74 Å². The van der Waals surface area contributed by atoms with E-state index in [0.29, 0.717) is 6.04 Å². The molecule has 0 aromatic carbocycles. The van der Waals surface area contributed by atoms with Crippen LogP contribution in [-0.4, -0.2) is 35.1 Å². The van der Waals surface area contributed by atoms with E-state index in [0.717, 1.165) is 25.8 Å². The van der Waals surface area contributed by atoms with E-state index in [1.54, 1.807) is 0 Å². The maximum Gasteiger partial charge on any atom is 0.323 e. The Morgan fingerprint density at radius 3 is 2.65 bits per heavy atom. The van der Waals surface area contributed by atoms with Crippen molar-refractivity contribution in [2.24, 2.45) is 0 Å². The Kier molecular flexibility index (Phi) is 4.99. The van der Waals surface area contributed by atoms with Gasteiger partial charge in [-0.2, -0.15) is 0 Å². The lowest BCUT2D eigenvalue weighted by Crippen LogP contribution is -2.44. The summed E-state index contributed by atoms with van der Waals surface area (Å²) in [7, 11) is 0.